The summed E-state index contributed by atoms with van der Waals surface area (Å²) in [6.07, 6.45) is 0. The molecule has 0 spiro atoms. The van der Waals surface area contributed by atoms with Gasteiger partial charge in [0.2, 0.25) is 5.91 Å². The highest BCUT2D eigenvalue weighted by Gasteiger charge is 2.22. The van der Waals surface area contributed by atoms with Gasteiger partial charge < -0.3 is 21.5 Å². The molecule has 0 aliphatic rings. The largest absolute Gasteiger partial charge is 0.465 e. The van der Waals surface area contributed by atoms with Gasteiger partial charge in [0.15, 0.2) is 0 Å². The molecule has 0 radical (unpaired) electrons. The van der Waals surface area contributed by atoms with Gasteiger partial charge in [0.25, 0.3) is 0 Å². The van der Waals surface area contributed by atoms with Crippen LogP contribution in [0.15, 0.2) is 18.2 Å². The maximum Gasteiger partial charge on any atom is 0.337 e. The number of nitrogens with one attached hydrogen (secondary N) is 1. The molecule has 6 nitrogen and oxygen atoms in total. The second kappa shape index (κ2) is 5.05. The zero-order valence-electron chi connectivity index (χ0n) is 10.6. The third-order valence-corrected chi connectivity index (χ3v) is 2.31. The Morgan fingerprint density at radius 3 is 2.39 bits per heavy atom. The number of ether oxygens (including phenoxy) is 1. The average molecular weight is 251 g/mol. The average Bonchev–Trinajstić information content (AvgIpc) is 2.29. The van der Waals surface area contributed by atoms with Crippen LogP contribution in [0.3, 0.4) is 0 Å². The third-order valence-electron chi connectivity index (χ3n) is 2.31. The molecule has 0 aliphatic heterocycles. The lowest BCUT2D eigenvalue weighted by atomic mass is 10.1. The molecule has 1 amide bonds. The molecule has 0 aliphatic carbocycles. The first-order chi connectivity index (χ1) is 8.25. The number of amides is 1. The van der Waals surface area contributed by atoms with E-state index in [9.17, 15) is 9.59 Å². The molecule has 0 bridgehead atoms. The van der Waals surface area contributed by atoms with Gasteiger partial charge in [0.05, 0.1) is 29.6 Å². The highest BCUT2D eigenvalue weighted by atomic mass is 16.5. The number of hydrogen-bond acceptors (Lipinski definition) is 5. The van der Waals surface area contributed by atoms with Crippen molar-refractivity contribution in [3.8, 4) is 0 Å². The Balaban J connectivity index is 2.94. The van der Waals surface area contributed by atoms with Gasteiger partial charge in [0, 0.05) is 0 Å². The monoisotopic (exact) mass is 251 g/mol. The van der Waals surface area contributed by atoms with Crippen molar-refractivity contribution in [3.05, 3.63) is 23.8 Å². The van der Waals surface area contributed by atoms with Crippen LogP contribution in [0.25, 0.3) is 0 Å². The number of hydrogen-bond donors (Lipinski definition) is 3. The summed E-state index contributed by atoms with van der Waals surface area (Å²) >= 11 is 0. The van der Waals surface area contributed by atoms with Crippen LogP contribution in [0.5, 0.6) is 0 Å². The van der Waals surface area contributed by atoms with Crippen LogP contribution < -0.4 is 16.8 Å². The van der Waals surface area contributed by atoms with Crippen molar-refractivity contribution >= 4 is 23.3 Å². The lowest BCUT2D eigenvalue weighted by Gasteiger charge is -2.18. The minimum atomic E-state index is -1.01. The number of carbonyl (C=O) groups is 2. The fraction of sp³-hybridized carbons (Fsp3) is 0.333. The van der Waals surface area contributed by atoms with Crippen molar-refractivity contribution in [2.75, 3.05) is 18.2 Å². The molecule has 0 saturated heterocycles. The Morgan fingerprint density at radius 1 is 1.33 bits per heavy atom. The topological polar surface area (TPSA) is 107 Å². The predicted molar refractivity (Wildman–Crippen MR) is 69.1 cm³/mol. The van der Waals surface area contributed by atoms with Crippen molar-refractivity contribution in [1.82, 2.24) is 0 Å². The van der Waals surface area contributed by atoms with Crippen LogP contribution >= 0.6 is 0 Å². The zero-order chi connectivity index (χ0) is 13.9. The maximum atomic E-state index is 11.7. The summed E-state index contributed by atoms with van der Waals surface area (Å²) in [4.78, 5) is 23.0. The maximum absolute atomic E-state index is 11.7. The standard InChI is InChI=1S/C12H17N3O3/c1-12(2,14)11(17)15-9-5-4-7(6-8(9)13)10(16)18-3/h4-6H,13-14H2,1-3H3,(H,15,17). The van der Waals surface area contributed by atoms with Crippen LogP contribution in [0, 0.1) is 0 Å². The summed E-state index contributed by atoms with van der Waals surface area (Å²) < 4.78 is 4.56. The molecular formula is C12H17N3O3. The van der Waals surface area contributed by atoms with Crippen LogP contribution in [0.1, 0.15) is 24.2 Å². The van der Waals surface area contributed by atoms with Crippen LogP contribution in [-0.2, 0) is 9.53 Å². The molecule has 98 valence electrons. The molecule has 1 rings (SSSR count). The number of esters is 1. The fourth-order valence-electron chi connectivity index (χ4n) is 1.20. The Bertz CT molecular complexity index is 478. The second-order valence-corrected chi connectivity index (χ2v) is 4.47. The lowest BCUT2D eigenvalue weighted by molar-refractivity contribution is -0.120. The first-order valence-electron chi connectivity index (χ1n) is 5.34. The van der Waals surface area contributed by atoms with Gasteiger partial charge in [-0.3, -0.25) is 4.79 Å². The minimum absolute atomic E-state index is 0.274. The predicted octanol–water partition coefficient (Wildman–Crippen LogP) is 0.731. The number of carbonyl (C=O) groups excluding carboxylic acids is 2. The Morgan fingerprint density at radius 2 is 1.94 bits per heavy atom. The summed E-state index contributed by atoms with van der Waals surface area (Å²) in [6.45, 7) is 3.17. The SMILES string of the molecule is COC(=O)c1ccc(NC(=O)C(C)(C)N)c(N)c1. The number of rotatable bonds is 3. The highest BCUT2D eigenvalue weighted by Crippen LogP contribution is 2.21. The summed E-state index contributed by atoms with van der Waals surface area (Å²) in [6, 6.07) is 4.48. The summed E-state index contributed by atoms with van der Waals surface area (Å²) in [7, 11) is 1.28. The summed E-state index contributed by atoms with van der Waals surface area (Å²) in [5, 5.41) is 2.59. The van der Waals surface area contributed by atoms with Crippen molar-refractivity contribution in [1.29, 1.82) is 0 Å². The molecule has 0 aromatic heterocycles. The number of nitrogens with two attached hydrogens (primary N) is 2. The van der Waals surface area contributed by atoms with E-state index in [-0.39, 0.29) is 11.6 Å². The summed E-state index contributed by atoms with van der Waals surface area (Å²) in [5.41, 5.74) is 11.4. The smallest absolute Gasteiger partial charge is 0.337 e. The molecule has 6 heteroatoms. The van der Waals surface area contributed by atoms with E-state index in [1.807, 2.05) is 0 Å². The van der Waals surface area contributed by atoms with Gasteiger partial charge >= 0.3 is 5.97 Å². The second-order valence-electron chi connectivity index (χ2n) is 4.47. The molecule has 0 saturated carbocycles. The van der Waals surface area contributed by atoms with Gasteiger partial charge in [-0.1, -0.05) is 0 Å². The Kier molecular flexibility index (Phi) is 3.93. The van der Waals surface area contributed by atoms with E-state index in [1.165, 1.54) is 25.3 Å². The molecule has 18 heavy (non-hydrogen) atoms. The Hall–Kier alpha value is -2.08. The normalized spacial score (nSPS) is 10.9. The number of benzene rings is 1. The van der Waals surface area contributed by atoms with E-state index in [1.54, 1.807) is 13.8 Å². The van der Waals surface area contributed by atoms with Gasteiger partial charge in [-0.05, 0) is 32.0 Å². The van der Waals surface area contributed by atoms with Gasteiger partial charge in [-0.2, -0.15) is 0 Å². The van der Waals surface area contributed by atoms with E-state index >= 15 is 0 Å². The van der Waals surface area contributed by atoms with Crippen LogP contribution in [-0.4, -0.2) is 24.5 Å². The van der Waals surface area contributed by atoms with Gasteiger partial charge in [-0.15, -0.1) is 0 Å². The van der Waals surface area contributed by atoms with E-state index in [0.29, 0.717) is 11.3 Å². The van der Waals surface area contributed by atoms with E-state index in [4.69, 9.17) is 11.5 Å². The lowest BCUT2D eigenvalue weighted by Crippen LogP contribution is -2.45. The molecule has 1 aromatic rings. The first-order valence-corrected chi connectivity index (χ1v) is 5.34. The molecule has 1 aromatic carbocycles. The van der Waals surface area contributed by atoms with Gasteiger partial charge in [-0.25, -0.2) is 4.79 Å². The summed E-state index contributed by atoms with van der Waals surface area (Å²) in [5.74, 6) is -0.848. The fourth-order valence-corrected chi connectivity index (χ4v) is 1.20. The Labute approximate surface area is 105 Å². The molecule has 5 N–H and O–H groups in total. The quantitative estimate of drug-likeness (QED) is 0.542. The van der Waals surface area contributed by atoms with Crippen molar-refractivity contribution in [3.63, 3.8) is 0 Å². The van der Waals surface area contributed by atoms with E-state index < -0.39 is 11.5 Å². The van der Waals surface area contributed by atoms with Crippen molar-refractivity contribution in [2.24, 2.45) is 5.73 Å². The molecule has 0 unspecified atom stereocenters. The molecule has 0 heterocycles. The molecule has 0 atom stereocenters. The number of methoxy groups -OCH3 is 1. The van der Waals surface area contributed by atoms with Crippen LogP contribution in [0.2, 0.25) is 0 Å². The molecule has 0 fully saturated rings. The van der Waals surface area contributed by atoms with E-state index in [0.717, 1.165) is 0 Å². The first kappa shape index (κ1) is 14.0. The highest BCUT2D eigenvalue weighted by molar-refractivity contribution is 6.00. The van der Waals surface area contributed by atoms with E-state index in [2.05, 4.69) is 10.1 Å². The zero-order valence-corrected chi connectivity index (χ0v) is 10.6. The van der Waals surface area contributed by atoms with Crippen molar-refractivity contribution in [2.45, 2.75) is 19.4 Å². The number of anilines is 2. The number of nitrogen functional groups attached to an aromatic ring is 1. The third kappa shape index (κ3) is 3.21. The minimum Gasteiger partial charge on any atom is -0.465 e. The van der Waals surface area contributed by atoms with Gasteiger partial charge in [0.1, 0.15) is 0 Å². The molecular weight excluding hydrogens is 234 g/mol. The van der Waals surface area contributed by atoms with Crippen LogP contribution in [0.4, 0.5) is 11.4 Å². The van der Waals surface area contributed by atoms with Crippen molar-refractivity contribution < 1.29 is 14.3 Å².